The molecule has 1 N–H and O–H groups in total. The van der Waals surface area contributed by atoms with Gasteiger partial charge < -0.3 is 19.7 Å². The third-order valence-electron chi connectivity index (χ3n) is 4.84. The number of benzene rings is 2. The Morgan fingerprint density at radius 3 is 2.66 bits per heavy atom. The van der Waals surface area contributed by atoms with E-state index < -0.39 is 24.4 Å². The van der Waals surface area contributed by atoms with Crippen LogP contribution in [0.4, 0.5) is 11.4 Å². The maximum absolute atomic E-state index is 12.4. The molecule has 0 aliphatic carbocycles. The van der Waals surface area contributed by atoms with E-state index in [0.29, 0.717) is 17.1 Å². The summed E-state index contributed by atoms with van der Waals surface area (Å²) in [6, 6.07) is 12.8. The molecule has 2 aromatic rings. The van der Waals surface area contributed by atoms with E-state index >= 15 is 0 Å². The van der Waals surface area contributed by atoms with Crippen LogP contribution in [0.25, 0.3) is 0 Å². The smallest absolute Gasteiger partial charge is 0.311 e. The number of amides is 2. The van der Waals surface area contributed by atoms with Crippen molar-refractivity contribution < 1.29 is 23.9 Å². The standard InChI is InChI=1S/C22H24N2O5/c1-14-8-9-17(15(2)10-14)23-20(25)13-29-22(27)16-11-21(26)24(12-16)18-6-4-5-7-19(18)28-3/h4-10,16H,11-13H2,1-3H3,(H,23,25)/t16-/m1/s1. The minimum Gasteiger partial charge on any atom is -0.495 e. The van der Waals surface area contributed by atoms with Crippen LogP contribution in [0.1, 0.15) is 17.5 Å². The minimum atomic E-state index is -0.624. The highest BCUT2D eigenvalue weighted by molar-refractivity contribution is 6.01. The van der Waals surface area contributed by atoms with Gasteiger partial charge in [0, 0.05) is 18.7 Å². The molecule has 3 rings (SSSR count). The second-order valence-electron chi connectivity index (χ2n) is 7.05. The van der Waals surface area contributed by atoms with Crippen molar-refractivity contribution in [3.63, 3.8) is 0 Å². The van der Waals surface area contributed by atoms with E-state index in [2.05, 4.69) is 5.32 Å². The molecule has 0 spiro atoms. The number of rotatable bonds is 6. The molecule has 1 atom stereocenters. The van der Waals surface area contributed by atoms with Crippen LogP contribution in [-0.4, -0.2) is 38.0 Å². The third-order valence-corrected chi connectivity index (χ3v) is 4.84. The molecule has 0 aromatic heterocycles. The Labute approximate surface area is 169 Å². The lowest BCUT2D eigenvalue weighted by Gasteiger charge is -2.19. The zero-order valence-corrected chi connectivity index (χ0v) is 16.7. The quantitative estimate of drug-likeness (QED) is 0.759. The number of para-hydroxylation sites is 2. The Morgan fingerprint density at radius 1 is 1.17 bits per heavy atom. The fraction of sp³-hybridized carbons (Fsp3) is 0.318. The summed E-state index contributed by atoms with van der Waals surface area (Å²) in [5.41, 5.74) is 3.31. The molecule has 0 radical (unpaired) electrons. The number of aryl methyl sites for hydroxylation is 2. The van der Waals surface area contributed by atoms with Crippen molar-refractivity contribution in [2.75, 3.05) is 30.5 Å². The lowest BCUT2D eigenvalue weighted by Crippen LogP contribution is -2.28. The van der Waals surface area contributed by atoms with Crippen LogP contribution in [0.3, 0.4) is 0 Å². The van der Waals surface area contributed by atoms with Crippen LogP contribution in [0.15, 0.2) is 42.5 Å². The number of hydrogen-bond acceptors (Lipinski definition) is 5. The first-order chi connectivity index (χ1) is 13.9. The SMILES string of the molecule is COc1ccccc1N1C[C@H](C(=O)OCC(=O)Nc2ccc(C)cc2C)CC1=O. The molecule has 1 heterocycles. The number of anilines is 2. The van der Waals surface area contributed by atoms with Crippen LogP contribution in [0, 0.1) is 19.8 Å². The van der Waals surface area contributed by atoms with E-state index in [4.69, 9.17) is 9.47 Å². The molecular weight excluding hydrogens is 372 g/mol. The van der Waals surface area contributed by atoms with Gasteiger partial charge in [-0.2, -0.15) is 0 Å². The number of carbonyl (C=O) groups excluding carboxylic acids is 3. The highest BCUT2D eigenvalue weighted by atomic mass is 16.5. The van der Waals surface area contributed by atoms with E-state index in [9.17, 15) is 14.4 Å². The lowest BCUT2D eigenvalue weighted by atomic mass is 10.1. The molecule has 2 amide bonds. The molecule has 0 unspecified atom stereocenters. The molecule has 152 valence electrons. The summed E-state index contributed by atoms with van der Waals surface area (Å²) in [7, 11) is 1.53. The van der Waals surface area contributed by atoms with Crippen molar-refractivity contribution in [3.05, 3.63) is 53.6 Å². The summed E-state index contributed by atoms with van der Waals surface area (Å²) in [5, 5.41) is 2.73. The molecule has 7 heteroatoms. The first kappa shape index (κ1) is 20.4. The van der Waals surface area contributed by atoms with E-state index in [0.717, 1.165) is 11.1 Å². The van der Waals surface area contributed by atoms with E-state index in [1.807, 2.05) is 38.1 Å². The van der Waals surface area contributed by atoms with Crippen molar-refractivity contribution in [2.24, 2.45) is 5.92 Å². The van der Waals surface area contributed by atoms with Gasteiger partial charge in [0.1, 0.15) is 5.75 Å². The van der Waals surface area contributed by atoms with Gasteiger partial charge in [-0.15, -0.1) is 0 Å². The van der Waals surface area contributed by atoms with Gasteiger partial charge in [0.2, 0.25) is 5.91 Å². The predicted molar refractivity (Wildman–Crippen MR) is 109 cm³/mol. The summed E-state index contributed by atoms with van der Waals surface area (Å²) in [6.45, 7) is 3.66. The average Bonchev–Trinajstić information content (AvgIpc) is 3.09. The largest absolute Gasteiger partial charge is 0.495 e. The van der Waals surface area contributed by atoms with Gasteiger partial charge in [-0.1, -0.05) is 29.8 Å². The second kappa shape index (κ2) is 8.77. The fourth-order valence-electron chi connectivity index (χ4n) is 3.35. The van der Waals surface area contributed by atoms with Crippen LogP contribution >= 0.6 is 0 Å². The molecule has 1 saturated heterocycles. The molecule has 1 fully saturated rings. The first-order valence-corrected chi connectivity index (χ1v) is 9.36. The maximum Gasteiger partial charge on any atom is 0.311 e. The number of hydrogen-bond donors (Lipinski definition) is 1. The van der Waals surface area contributed by atoms with Crippen molar-refractivity contribution in [2.45, 2.75) is 20.3 Å². The van der Waals surface area contributed by atoms with E-state index in [1.165, 1.54) is 12.0 Å². The molecule has 1 aliphatic heterocycles. The van der Waals surface area contributed by atoms with Gasteiger partial charge in [0.05, 0.1) is 18.7 Å². The van der Waals surface area contributed by atoms with Gasteiger partial charge in [-0.3, -0.25) is 14.4 Å². The summed E-state index contributed by atoms with van der Waals surface area (Å²) < 4.78 is 10.4. The zero-order chi connectivity index (χ0) is 21.0. The highest BCUT2D eigenvalue weighted by Crippen LogP contribution is 2.33. The van der Waals surface area contributed by atoms with Gasteiger partial charge in [-0.05, 0) is 37.6 Å². The van der Waals surface area contributed by atoms with E-state index in [1.54, 1.807) is 18.2 Å². The lowest BCUT2D eigenvalue weighted by molar-refractivity contribution is -0.151. The Balaban J connectivity index is 1.56. The Kier molecular flexibility index (Phi) is 6.16. The van der Waals surface area contributed by atoms with Gasteiger partial charge in [0.15, 0.2) is 6.61 Å². The zero-order valence-electron chi connectivity index (χ0n) is 16.7. The molecule has 7 nitrogen and oxygen atoms in total. The maximum atomic E-state index is 12.4. The Hall–Kier alpha value is -3.35. The fourth-order valence-corrected chi connectivity index (χ4v) is 3.35. The normalized spacial score (nSPS) is 15.9. The summed E-state index contributed by atoms with van der Waals surface area (Å²) in [6.07, 6.45) is 0.0373. The third kappa shape index (κ3) is 4.74. The summed E-state index contributed by atoms with van der Waals surface area (Å²) in [4.78, 5) is 38.4. The number of methoxy groups -OCH3 is 1. The van der Waals surface area contributed by atoms with Crippen LogP contribution in [-0.2, 0) is 19.1 Å². The summed E-state index contributed by atoms with van der Waals surface area (Å²) >= 11 is 0. The van der Waals surface area contributed by atoms with Crippen LogP contribution < -0.4 is 15.0 Å². The van der Waals surface area contributed by atoms with Crippen LogP contribution in [0.5, 0.6) is 5.75 Å². The minimum absolute atomic E-state index is 0.0373. The van der Waals surface area contributed by atoms with Gasteiger partial charge >= 0.3 is 5.97 Å². The number of nitrogens with zero attached hydrogens (tertiary/aromatic N) is 1. The molecule has 0 bridgehead atoms. The molecular formula is C22H24N2O5. The second-order valence-corrected chi connectivity index (χ2v) is 7.05. The highest BCUT2D eigenvalue weighted by Gasteiger charge is 2.37. The van der Waals surface area contributed by atoms with E-state index in [-0.39, 0.29) is 18.9 Å². The Bertz CT molecular complexity index is 941. The number of esters is 1. The predicted octanol–water partition coefficient (Wildman–Crippen LogP) is 2.85. The topological polar surface area (TPSA) is 84.9 Å². The molecule has 1 aliphatic rings. The Morgan fingerprint density at radius 2 is 1.93 bits per heavy atom. The van der Waals surface area contributed by atoms with Crippen molar-refractivity contribution in [3.8, 4) is 5.75 Å². The van der Waals surface area contributed by atoms with Crippen molar-refractivity contribution >= 4 is 29.2 Å². The molecule has 0 saturated carbocycles. The van der Waals surface area contributed by atoms with Gasteiger partial charge in [-0.25, -0.2) is 0 Å². The average molecular weight is 396 g/mol. The summed E-state index contributed by atoms with van der Waals surface area (Å²) in [5.74, 6) is -1.23. The van der Waals surface area contributed by atoms with Gasteiger partial charge in [0.25, 0.3) is 5.91 Å². The first-order valence-electron chi connectivity index (χ1n) is 9.36. The number of ether oxygens (including phenoxy) is 2. The molecule has 2 aromatic carbocycles. The van der Waals surface area contributed by atoms with Crippen molar-refractivity contribution in [1.82, 2.24) is 0 Å². The molecule has 29 heavy (non-hydrogen) atoms. The van der Waals surface area contributed by atoms with Crippen LogP contribution in [0.2, 0.25) is 0 Å². The van der Waals surface area contributed by atoms with Crippen molar-refractivity contribution in [1.29, 1.82) is 0 Å². The monoisotopic (exact) mass is 396 g/mol. The number of carbonyl (C=O) groups is 3. The number of nitrogens with one attached hydrogen (secondary N) is 1.